The second kappa shape index (κ2) is 7.76. The number of fused-ring (bicyclic) bond motifs is 4. The summed E-state index contributed by atoms with van der Waals surface area (Å²) in [5.41, 5.74) is 6.40. The fourth-order valence-electron chi connectivity index (χ4n) is 3.95. The number of carbonyl (C=O) groups is 1. The summed E-state index contributed by atoms with van der Waals surface area (Å²) in [7, 11) is 0. The predicted molar refractivity (Wildman–Crippen MR) is 116 cm³/mol. The molecule has 1 heterocycles. The molecule has 5 nitrogen and oxygen atoms in total. The van der Waals surface area contributed by atoms with Gasteiger partial charge in [0.2, 0.25) is 0 Å². The molecule has 0 unspecified atom stereocenters. The van der Waals surface area contributed by atoms with Crippen LogP contribution >= 0.6 is 0 Å². The number of aromatic amines is 1. The van der Waals surface area contributed by atoms with Gasteiger partial charge in [0.15, 0.2) is 0 Å². The summed E-state index contributed by atoms with van der Waals surface area (Å²) in [6.45, 7) is 0.489. The normalized spacial score (nSPS) is 12.0. The van der Waals surface area contributed by atoms with Crippen LogP contribution in [0.3, 0.4) is 0 Å². The van der Waals surface area contributed by atoms with Crippen LogP contribution in [0.4, 0.5) is 4.79 Å². The number of amides is 1. The number of alkyl carbamates (subject to hydrolysis) is 1. The van der Waals surface area contributed by atoms with Crippen molar-refractivity contribution in [3.8, 4) is 23.0 Å². The first-order valence-corrected chi connectivity index (χ1v) is 9.82. The maximum atomic E-state index is 12.2. The van der Waals surface area contributed by atoms with Crippen molar-refractivity contribution in [1.82, 2.24) is 15.5 Å². The molecule has 0 atom stereocenters. The molecular weight excluding hydrogens is 374 g/mol. The minimum absolute atomic E-state index is 0.0468. The monoisotopic (exact) mass is 393 g/mol. The summed E-state index contributed by atoms with van der Waals surface area (Å²) < 4.78 is 5.51. The van der Waals surface area contributed by atoms with E-state index in [1.54, 1.807) is 0 Å². The average Bonchev–Trinajstić information content (AvgIpc) is 3.34. The molecule has 0 bridgehead atoms. The lowest BCUT2D eigenvalue weighted by molar-refractivity contribution is 0.144. The van der Waals surface area contributed by atoms with Gasteiger partial charge in [0.05, 0.1) is 12.1 Å². The highest BCUT2D eigenvalue weighted by atomic mass is 16.5. The van der Waals surface area contributed by atoms with Gasteiger partial charge in [0.1, 0.15) is 12.3 Å². The largest absolute Gasteiger partial charge is 0.449 e. The zero-order valence-electron chi connectivity index (χ0n) is 16.2. The lowest BCUT2D eigenvalue weighted by Gasteiger charge is -2.14. The fraction of sp³-hybridized carbons (Fsp3) is 0.120. The number of H-pyrrole nitrogens is 1. The van der Waals surface area contributed by atoms with Gasteiger partial charge in [0.25, 0.3) is 0 Å². The number of aromatic nitrogens is 2. The summed E-state index contributed by atoms with van der Waals surface area (Å²) in [5, 5.41) is 10.8. The molecule has 1 amide bonds. The highest BCUT2D eigenvalue weighted by molar-refractivity contribution is 5.83. The van der Waals surface area contributed by atoms with Crippen LogP contribution < -0.4 is 5.32 Å². The highest BCUT2D eigenvalue weighted by Crippen LogP contribution is 2.44. The van der Waals surface area contributed by atoms with Crippen molar-refractivity contribution >= 4 is 17.0 Å². The number of nitrogens with one attached hydrogen (secondary N) is 2. The minimum atomic E-state index is -0.472. The number of hydrogen-bond donors (Lipinski definition) is 2. The second-order valence-corrected chi connectivity index (χ2v) is 7.10. The van der Waals surface area contributed by atoms with Crippen LogP contribution in [0, 0.1) is 11.8 Å². The van der Waals surface area contributed by atoms with Crippen LogP contribution in [-0.4, -0.2) is 29.4 Å². The SMILES string of the molecule is O=C(NCC#Cc1[nH]nc2ccccc12)OCC1c2ccccc2-c2ccccc21. The Balaban J connectivity index is 1.21. The molecule has 3 aromatic carbocycles. The van der Waals surface area contributed by atoms with Gasteiger partial charge in [-0.2, -0.15) is 5.10 Å². The van der Waals surface area contributed by atoms with Crippen LogP contribution in [0.25, 0.3) is 22.0 Å². The van der Waals surface area contributed by atoms with Crippen molar-refractivity contribution in [2.75, 3.05) is 13.2 Å². The Kier molecular flexibility index (Phi) is 4.66. The molecule has 0 aliphatic heterocycles. The molecule has 1 aliphatic carbocycles. The summed E-state index contributed by atoms with van der Waals surface area (Å²) in [5.74, 6) is 5.99. The lowest BCUT2D eigenvalue weighted by atomic mass is 9.98. The first kappa shape index (κ1) is 18.0. The van der Waals surface area contributed by atoms with Crippen LogP contribution in [0.5, 0.6) is 0 Å². The van der Waals surface area contributed by atoms with Gasteiger partial charge in [-0.15, -0.1) is 0 Å². The molecule has 5 heteroatoms. The molecule has 0 saturated heterocycles. The Labute approximate surface area is 174 Å². The summed E-state index contributed by atoms with van der Waals surface area (Å²) >= 11 is 0. The van der Waals surface area contributed by atoms with E-state index in [1.807, 2.05) is 48.5 Å². The number of carbonyl (C=O) groups excluding carboxylic acids is 1. The Bertz CT molecular complexity index is 1250. The molecule has 0 saturated carbocycles. The van der Waals surface area contributed by atoms with Crippen molar-refractivity contribution in [3.63, 3.8) is 0 Å². The lowest BCUT2D eigenvalue weighted by Crippen LogP contribution is -2.26. The maximum Gasteiger partial charge on any atom is 0.407 e. The molecule has 0 fully saturated rings. The van der Waals surface area contributed by atoms with Gasteiger partial charge in [0, 0.05) is 11.3 Å². The molecule has 1 aliphatic rings. The van der Waals surface area contributed by atoms with Crippen molar-refractivity contribution in [2.24, 2.45) is 0 Å². The Hall–Kier alpha value is -4.04. The van der Waals surface area contributed by atoms with Gasteiger partial charge >= 0.3 is 6.09 Å². The fourth-order valence-corrected chi connectivity index (χ4v) is 3.95. The molecule has 5 rings (SSSR count). The van der Waals surface area contributed by atoms with E-state index in [4.69, 9.17) is 4.74 Å². The number of nitrogens with zero attached hydrogens (tertiary/aromatic N) is 1. The third-order valence-corrected chi connectivity index (χ3v) is 5.34. The molecule has 2 N–H and O–H groups in total. The Morgan fingerprint density at radius 1 is 0.967 bits per heavy atom. The number of rotatable bonds is 3. The maximum absolute atomic E-state index is 12.2. The zero-order chi connectivity index (χ0) is 20.3. The van der Waals surface area contributed by atoms with Gasteiger partial charge in [-0.05, 0) is 40.3 Å². The first-order valence-electron chi connectivity index (χ1n) is 9.82. The van der Waals surface area contributed by atoms with Gasteiger partial charge < -0.3 is 10.1 Å². The van der Waals surface area contributed by atoms with E-state index in [0.717, 1.165) is 16.6 Å². The summed E-state index contributed by atoms with van der Waals surface area (Å²) in [6.07, 6.45) is -0.472. The molecule has 4 aromatic rings. The highest BCUT2D eigenvalue weighted by Gasteiger charge is 2.28. The number of para-hydroxylation sites is 1. The first-order chi connectivity index (χ1) is 14.8. The van der Waals surface area contributed by atoms with E-state index in [-0.39, 0.29) is 12.5 Å². The van der Waals surface area contributed by atoms with Crippen molar-refractivity contribution in [3.05, 3.63) is 89.6 Å². The zero-order valence-corrected chi connectivity index (χ0v) is 16.2. The van der Waals surface area contributed by atoms with Crippen molar-refractivity contribution in [1.29, 1.82) is 0 Å². The minimum Gasteiger partial charge on any atom is -0.449 e. The van der Waals surface area contributed by atoms with Crippen LogP contribution in [-0.2, 0) is 4.74 Å². The molecule has 146 valence electrons. The van der Waals surface area contributed by atoms with E-state index in [9.17, 15) is 4.79 Å². The van der Waals surface area contributed by atoms with Crippen LogP contribution in [0.15, 0.2) is 72.8 Å². The Morgan fingerprint density at radius 3 is 2.40 bits per heavy atom. The van der Waals surface area contributed by atoms with E-state index in [2.05, 4.69) is 51.6 Å². The number of hydrogen-bond acceptors (Lipinski definition) is 3. The average molecular weight is 393 g/mol. The summed E-state index contributed by atoms with van der Waals surface area (Å²) in [4.78, 5) is 12.2. The van der Waals surface area contributed by atoms with Gasteiger partial charge in [-0.3, -0.25) is 5.10 Å². The van der Waals surface area contributed by atoms with E-state index < -0.39 is 6.09 Å². The van der Waals surface area contributed by atoms with Gasteiger partial charge in [-0.25, -0.2) is 4.79 Å². The summed E-state index contributed by atoms with van der Waals surface area (Å²) in [6, 6.07) is 24.3. The van der Waals surface area contributed by atoms with Crippen molar-refractivity contribution in [2.45, 2.75) is 5.92 Å². The number of ether oxygens (including phenoxy) is 1. The van der Waals surface area contributed by atoms with Gasteiger partial charge in [-0.1, -0.05) is 66.6 Å². The molecular formula is C25H19N3O2. The predicted octanol–water partition coefficient (Wildman–Crippen LogP) is 4.45. The number of benzene rings is 3. The topological polar surface area (TPSA) is 67.0 Å². The molecule has 0 spiro atoms. The van der Waals surface area contributed by atoms with E-state index in [1.165, 1.54) is 22.3 Å². The molecule has 0 radical (unpaired) electrons. The van der Waals surface area contributed by atoms with Crippen molar-refractivity contribution < 1.29 is 9.53 Å². The van der Waals surface area contributed by atoms with Crippen LogP contribution in [0.1, 0.15) is 22.7 Å². The quantitative estimate of drug-likeness (QED) is 0.505. The van der Waals surface area contributed by atoms with Crippen LogP contribution in [0.2, 0.25) is 0 Å². The van der Waals surface area contributed by atoms with E-state index in [0.29, 0.717) is 6.61 Å². The standard InChI is InChI=1S/C25H19N3O2/c29-25(26-15-7-14-24-21-12-5-6-13-23(21)27-28-24)30-16-22-19-10-3-1-8-17(19)18-9-2-4-11-20(18)22/h1-6,8-13,22H,15-16H2,(H,26,29)(H,27,28). The van der Waals surface area contributed by atoms with E-state index >= 15 is 0 Å². The Morgan fingerprint density at radius 2 is 1.63 bits per heavy atom. The molecule has 30 heavy (non-hydrogen) atoms. The third kappa shape index (κ3) is 3.29. The third-order valence-electron chi connectivity index (χ3n) is 5.34. The molecule has 1 aromatic heterocycles. The smallest absolute Gasteiger partial charge is 0.407 e. The second-order valence-electron chi connectivity index (χ2n) is 7.10.